The van der Waals surface area contributed by atoms with E-state index in [1.807, 2.05) is 0 Å². The summed E-state index contributed by atoms with van der Waals surface area (Å²) in [6.07, 6.45) is -4.34. The average molecular weight is 240 g/mol. The van der Waals surface area contributed by atoms with Gasteiger partial charge in [0.2, 0.25) is 5.91 Å². The number of hydrogen-bond acceptors (Lipinski definition) is 3. The standard InChI is InChI=1S/C9H15F3N2O2/c10-9(11,12)6-16-2-1-8(15)14-4-7(3-13)5-14/h7H,1-6,13H2. The van der Waals surface area contributed by atoms with Gasteiger partial charge >= 0.3 is 6.18 Å². The molecule has 0 radical (unpaired) electrons. The summed E-state index contributed by atoms with van der Waals surface area (Å²) in [6, 6.07) is 0. The van der Waals surface area contributed by atoms with Crippen molar-refractivity contribution in [3.8, 4) is 0 Å². The highest BCUT2D eigenvalue weighted by molar-refractivity contribution is 5.77. The Morgan fingerprint density at radius 3 is 2.56 bits per heavy atom. The highest BCUT2D eigenvalue weighted by atomic mass is 19.4. The predicted octanol–water partition coefficient (Wildman–Crippen LogP) is 0.372. The second-order valence-electron chi connectivity index (χ2n) is 3.82. The van der Waals surface area contributed by atoms with Crippen molar-refractivity contribution < 1.29 is 22.7 Å². The zero-order chi connectivity index (χ0) is 12.2. The van der Waals surface area contributed by atoms with Crippen LogP contribution in [-0.4, -0.2) is 49.8 Å². The Bertz CT molecular complexity index is 239. The number of likely N-dealkylation sites (tertiary alicyclic amines) is 1. The first kappa shape index (κ1) is 13.2. The Morgan fingerprint density at radius 2 is 2.06 bits per heavy atom. The fraction of sp³-hybridized carbons (Fsp3) is 0.889. The number of rotatable bonds is 5. The summed E-state index contributed by atoms with van der Waals surface area (Å²) in [5.41, 5.74) is 5.38. The van der Waals surface area contributed by atoms with Gasteiger partial charge in [0, 0.05) is 19.0 Å². The van der Waals surface area contributed by atoms with Crippen LogP contribution < -0.4 is 5.73 Å². The molecule has 2 N–H and O–H groups in total. The Labute approximate surface area is 91.5 Å². The molecule has 16 heavy (non-hydrogen) atoms. The van der Waals surface area contributed by atoms with E-state index in [0.717, 1.165) is 0 Å². The van der Waals surface area contributed by atoms with Crippen LogP contribution in [0.3, 0.4) is 0 Å². The Balaban J connectivity index is 2.04. The maximum Gasteiger partial charge on any atom is 0.411 e. The normalized spacial score (nSPS) is 17.4. The van der Waals surface area contributed by atoms with Gasteiger partial charge in [0.05, 0.1) is 13.0 Å². The van der Waals surface area contributed by atoms with Gasteiger partial charge in [-0.2, -0.15) is 13.2 Å². The number of halogens is 3. The second-order valence-corrected chi connectivity index (χ2v) is 3.82. The summed E-state index contributed by atoms with van der Waals surface area (Å²) in [6.45, 7) is 0.255. The van der Waals surface area contributed by atoms with Crippen molar-refractivity contribution in [2.45, 2.75) is 12.6 Å². The van der Waals surface area contributed by atoms with Crippen molar-refractivity contribution in [2.24, 2.45) is 11.7 Å². The smallest absolute Gasteiger partial charge is 0.372 e. The molecule has 0 saturated carbocycles. The minimum absolute atomic E-state index is 0.00658. The molecule has 0 unspecified atom stereocenters. The maximum atomic E-state index is 11.7. The Morgan fingerprint density at radius 1 is 1.44 bits per heavy atom. The summed E-state index contributed by atoms with van der Waals surface area (Å²) >= 11 is 0. The molecule has 0 aromatic rings. The molecule has 1 fully saturated rings. The molecule has 0 aliphatic carbocycles. The molecule has 4 nitrogen and oxygen atoms in total. The van der Waals surface area contributed by atoms with Gasteiger partial charge in [-0.25, -0.2) is 0 Å². The summed E-state index contributed by atoms with van der Waals surface area (Å²) in [7, 11) is 0. The van der Waals surface area contributed by atoms with Crippen molar-refractivity contribution in [1.82, 2.24) is 4.90 Å². The van der Waals surface area contributed by atoms with Crippen molar-refractivity contribution in [1.29, 1.82) is 0 Å². The molecular formula is C9H15F3N2O2. The highest BCUT2D eigenvalue weighted by Crippen LogP contribution is 2.16. The van der Waals surface area contributed by atoms with E-state index in [9.17, 15) is 18.0 Å². The summed E-state index contributed by atoms with van der Waals surface area (Å²) < 4.78 is 39.4. The summed E-state index contributed by atoms with van der Waals surface area (Å²) in [5, 5.41) is 0. The molecule has 1 saturated heterocycles. The van der Waals surface area contributed by atoms with Crippen LogP contribution in [0, 0.1) is 5.92 Å². The van der Waals surface area contributed by atoms with E-state index in [4.69, 9.17) is 5.73 Å². The van der Waals surface area contributed by atoms with Gasteiger partial charge < -0.3 is 15.4 Å². The lowest BCUT2D eigenvalue weighted by Gasteiger charge is -2.38. The number of nitrogens with two attached hydrogens (primary N) is 1. The van der Waals surface area contributed by atoms with E-state index in [1.54, 1.807) is 4.90 Å². The lowest BCUT2D eigenvalue weighted by molar-refractivity contribution is -0.175. The van der Waals surface area contributed by atoms with Crippen molar-refractivity contribution >= 4 is 5.91 Å². The topological polar surface area (TPSA) is 55.6 Å². The highest BCUT2D eigenvalue weighted by Gasteiger charge is 2.30. The average Bonchev–Trinajstić information content (AvgIpc) is 2.09. The van der Waals surface area contributed by atoms with Gasteiger partial charge in [-0.05, 0) is 6.54 Å². The number of carbonyl (C=O) groups excluding carboxylic acids is 1. The molecule has 0 spiro atoms. The van der Waals surface area contributed by atoms with Crippen LogP contribution in [0.25, 0.3) is 0 Å². The molecule has 94 valence electrons. The van der Waals surface area contributed by atoms with Gasteiger partial charge in [-0.15, -0.1) is 0 Å². The summed E-state index contributed by atoms with van der Waals surface area (Å²) in [5.74, 6) is 0.159. The van der Waals surface area contributed by atoms with Gasteiger partial charge in [0.25, 0.3) is 0 Å². The molecule has 7 heteroatoms. The maximum absolute atomic E-state index is 11.7. The van der Waals surface area contributed by atoms with Gasteiger partial charge in [-0.1, -0.05) is 0 Å². The number of hydrogen-bond donors (Lipinski definition) is 1. The minimum atomic E-state index is -4.33. The first-order chi connectivity index (χ1) is 7.42. The minimum Gasteiger partial charge on any atom is -0.372 e. The van der Waals surface area contributed by atoms with E-state index >= 15 is 0 Å². The third-order valence-corrected chi connectivity index (χ3v) is 2.37. The number of amides is 1. The SMILES string of the molecule is NCC1CN(C(=O)CCOCC(F)(F)F)C1. The largest absolute Gasteiger partial charge is 0.411 e. The lowest BCUT2D eigenvalue weighted by Crippen LogP contribution is -2.52. The van der Waals surface area contributed by atoms with Crippen LogP contribution in [0.1, 0.15) is 6.42 Å². The zero-order valence-electron chi connectivity index (χ0n) is 8.79. The second kappa shape index (κ2) is 5.49. The quantitative estimate of drug-likeness (QED) is 0.706. The first-order valence-corrected chi connectivity index (χ1v) is 5.04. The lowest BCUT2D eigenvalue weighted by atomic mass is 10.0. The monoisotopic (exact) mass is 240 g/mol. The molecule has 1 aliphatic rings. The van der Waals surface area contributed by atoms with Crippen LogP contribution in [0.15, 0.2) is 0 Å². The van der Waals surface area contributed by atoms with Gasteiger partial charge in [0.15, 0.2) is 0 Å². The number of carbonyl (C=O) groups is 1. The van der Waals surface area contributed by atoms with E-state index in [0.29, 0.717) is 25.6 Å². The number of alkyl halides is 3. The molecule has 1 aliphatic heterocycles. The van der Waals surface area contributed by atoms with E-state index < -0.39 is 12.8 Å². The Kier molecular flexibility index (Phi) is 4.55. The fourth-order valence-corrected chi connectivity index (χ4v) is 1.43. The Hall–Kier alpha value is -0.820. The number of nitrogens with zero attached hydrogens (tertiary/aromatic N) is 1. The van der Waals surface area contributed by atoms with Crippen molar-refractivity contribution in [2.75, 3.05) is 32.8 Å². The molecule has 0 aromatic heterocycles. The molecule has 0 atom stereocenters. The van der Waals surface area contributed by atoms with E-state index in [-0.39, 0.29) is 18.9 Å². The molecule has 1 rings (SSSR count). The van der Waals surface area contributed by atoms with E-state index in [2.05, 4.69) is 4.74 Å². The van der Waals surface area contributed by atoms with Gasteiger partial charge in [-0.3, -0.25) is 4.79 Å². The zero-order valence-corrected chi connectivity index (χ0v) is 8.79. The fourth-order valence-electron chi connectivity index (χ4n) is 1.43. The molecule has 0 aromatic carbocycles. The third kappa shape index (κ3) is 4.36. The van der Waals surface area contributed by atoms with Crippen LogP contribution in [0.4, 0.5) is 13.2 Å². The van der Waals surface area contributed by atoms with Crippen LogP contribution in [0.2, 0.25) is 0 Å². The van der Waals surface area contributed by atoms with Crippen LogP contribution in [0.5, 0.6) is 0 Å². The molecular weight excluding hydrogens is 225 g/mol. The van der Waals surface area contributed by atoms with Crippen molar-refractivity contribution in [3.63, 3.8) is 0 Å². The summed E-state index contributed by atoms with van der Waals surface area (Å²) in [4.78, 5) is 12.9. The van der Waals surface area contributed by atoms with Gasteiger partial charge in [0.1, 0.15) is 6.61 Å². The molecule has 1 heterocycles. The molecule has 0 bridgehead atoms. The predicted molar refractivity (Wildman–Crippen MR) is 50.6 cm³/mol. The van der Waals surface area contributed by atoms with Crippen LogP contribution >= 0.6 is 0 Å². The first-order valence-electron chi connectivity index (χ1n) is 5.04. The number of ether oxygens (including phenoxy) is 1. The third-order valence-electron chi connectivity index (χ3n) is 2.37. The molecule has 1 amide bonds. The van der Waals surface area contributed by atoms with E-state index in [1.165, 1.54) is 0 Å². The van der Waals surface area contributed by atoms with Crippen molar-refractivity contribution in [3.05, 3.63) is 0 Å². The van der Waals surface area contributed by atoms with Crippen LogP contribution in [-0.2, 0) is 9.53 Å².